The molecule has 2 aromatic rings. The summed E-state index contributed by atoms with van der Waals surface area (Å²) in [5.41, 5.74) is 4.57. The molecule has 0 saturated carbocycles. The van der Waals surface area contributed by atoms with E-state index in [1.54, 1.807) is 30.1 Å². The van der Waals surface area contributed by atoms with Gasteiger partial charge in [0.2, 0.25) is 5.91 Å². The van der Waals surface area contributed by atoms with Crippen LogP contribution in [0.25, 0.3) is 0 Å². The second-order valence-corrected chi connectivity index (χ2v) is 6.81. The SMILES string of the molecule is O=C(CSCc1cccc(Br)c1)N/N=C\c1ccc(Cl)cc1. The molecule has 1 amide bonds. The summed E-state index contributed by atoms with van der Waals surface area (Å²) in [5, 5.41) is 4.59. The van der Waals surface area contributed by atoms with Gasteiger partial charge in [-0.15, -0.1) is 11.8 Å². The summed E-state index contributed by atoms with van der Waals surface area (Å²) in [6, 6.07) is 15.3. The third-order valence-corrected chi connectivity index (χ3v) is 4.41. The van der Waals surface area contributed by atoms with E-state index in [0.29, 0.717) is 10.8 Å². The zero-order valence-electron chi connectivity index (χ0n) is 11.6. The van der Waals surface area contributed by atoms with E-state index in [1.807, 2.05) is 36.4 Å². The number of carbonyl (C=O) groups excluding carboxylic acids is 1. The van der Waals surface area contributed by atoms with E-state index in [9.17, 15) is 4.79 Å². The fourth-order valence-electron chi connectivity index (χ4n) is 1.65. The van der Waals surface area contributed by atoms with Gasteiger partial charge in [-0.1, -0.05) is 51.8 Å². The largest absolute Gasteiger partial charge is 0.272 e. The summed E-state index contributed by atoms with van der Waals surface area (Å²) in [7, 11) is 0. The van der Waals surface area contributed by atoms with Crippen LogP contribution in [0.5, 0.6) is 0 Å². The van der Waals surface area contributed by atoms with Gasteiger partial charge < -0.3 is 0 Å². The average Bonchev–Trinajstić information content (AvgIpc) is 2.49. The van der Waals surface area contributed by atoms with E-state index in [2.05, 4.69) is 26.5 Å². The van der Waals surface area contributed by atoms with Crippen molar-refractivity contribution < 1.29 is 4.79 Å². The molecule has 22 heavy (non-hydrogen) atoms. The molecule has 0 spiro atoms. The number of nitrogens with one attached hydrogen (secondary N) is 1. The van der Waals surface area contributed by atoms with Crippen LogP contribution in [0.4, 0.5) is 0 Å². The van der Waals surface area contributed by atoms with E-state index < -0.39 is 0 Å². The lowest BCUT2D eigenvalue weighted by Gasteiger charge is -2.02. The summed E-state index contributed by atoms with van der Waals surface area (Å²) < 4.78 is 1.04. The molecule has 0 bridgehead atoms. The van der Waals surface area contributed by atoms with Crippen LogP contribution in [-0.2, 0) is 10.5 Å². The molecule has 0 aliphatic heterocycles. The fourth-order valence-corrected chi connectivity index (χ4v) is 2.99. The van der Waals surface area contributed by atoms with Gasteiger partial charge >= 0.3 is 0 Å². The number of hydrazone groups is 1. The predicted octanol–water partition coefficient (Wildman–Crippen LogP) is 4.49. The van der Waals surface area contributed by atoms with Crippen molar-refractivity contribution in [3.05, 3.63) is 69.2 Å². The van der Waals surface area contributed by atoms with Gasteiger partial charge in [0.05, 0.1) is 12.0 Å². The first-order valence-electron chi connectivity index (χ1n) is 6.53. The van der Waals surface area contributed by atoms with Gasteiger partial charge in [0, 0.05) is 15.2 Å². The highest BCUT2D eigenvalue weighted by Gasteiger charge is 2.01. The molecule has 0 aliphatic rings. The zero-order valence-corrected chi connectivity index (χ0v) is 14.8. The first-order valence-corrected chi connectivity index (χ1v) is 8.86. The predicted molar refractivity (Wildman–Crippen MR) is 97.5 cm³/mol. The Labute approximate surface area is 147 Å². The van der Waals surface area contributed by atoms with Crippen molar-refractivity contribution in [1.82, 2.24) is 5.43 Å². The van der Waals surface area contributed by atoms with Gasteiger partial charge in [0.15, 0.2) is 0 Å². The normalized spacial score (nSPS) is 10.8. The Morgan fingerprint density at radius 2 is 2.05 bits per heavy atom. The number of rotatable bonds is 6. The molecule has 0 saturated heterocycles. The van der Waals surface area contributed by atoms with Crippen LogP contribution in [0.1, 0.15) is 11.1 Å². The minimum absolute atomic E-state index is 0.120. The summed E-state index contributed by atoms with van der Waals surface area (Å²) >= 11 is 10.8. The topological polar surface area (TPSA) is 41.5 Å². The Balaban J connectivity index is 1.70. The van der Waals surface area contributed by atoms with Crippen LogP contribution < -0.4 is 5.43 Å². The summed E-state index contributed by atoms with van der Waals surface area (Å²) in [6.45, 7) is 0. The second kappa shape index (κ2) is 8.98. The molecule has 0 unspecified atom stereocenters. The van der Waals surface area contributed by atoms with Crippen LogP contribution in [-0.4, -0.2) is 17.9 Å². The molecule has 0 fully saturated rings. The molecule has 0 aliphatic carbocycles. The molecule has 1 N–H and O–H groups in total. The minimum atomic E-state index is -0.120. The summed E-state index contributed by atoms with van der Waals surface area (Å²) in [4.78, 5) is 11.7. The molecule has 3 nitrogen and oxygen atoms in total. The first-order chi connectivity index (χ1) is 10.6. The third kappa shape index (κ3) is 6.22. The zero-order chi connectivity index (χ0) is 15.8. The quantitative estimate of drug-likeness (QED) is 0.576. The van der Waals surface area contributed by atoms with Gasteiger partial charge in [-0.05, 0) is 35.4 Å². The van der Waals surface area contributed by atoms with E-state index >= 15 is 0 Å². The lowest BCUT2D eigenvalue weighted by atomic mass is 10.2. The van der Waals surface area contributed by atoms with Gasteiger partial charge in [-0.2, -0.15) is 5.10 Å². The van der Waals surface area contributed by atoms with Gasteiger partial charge in [-0.25, -0.2) is 5.43 Å². The van der Waals surface area contributed by atoms with Crippen molar-refractivity contribution in [2.24, 2.45) is 5.10 Å². The van der Waals surface area contributed by atoms with Crippen LogP contribution in [0.15, 0.2) is 58.1 Å². The third-order valence-electron chi connectivity index (χ3n) is 2.66. The number of benzene rings is 2. The molecule has 0 aromatic heterocycles. The molecule has 0 radical (unpaired) electrons. The maximum atomic E-state index is 11.7. The van der Waals surface area contributed by atoms with Crippen molar-refractivity contribution in [3.8, 4) is 0 Å². The van der Waals surface area contributed by atoms with Crippen molar-refractivity contribution in [1.29, 1.82) is 0 Å². The van der Waals surface area contributed by atoms with E-state index in [4.69, 9.17) is 11.6 Å². The molecule has 0 atom stereocenters. The van der Waals surface area contributed by atoms with E-state index in [0.717, 1.165) is 15.8 Å². The maximum Gasteiger partial charge on any atom is 0.250 e. The Bertz CT molecular complexity index is 661. The Kier molecular flexibility index (Phi) is 6.96. The lowest BCUT2D eigenvalue weighted by Crippen LogP contribution is -2.19. The molecule has 2 aromatic carbocycles. The smallest absolute Gasteiger partial charge is 0.250 e. The van der Waals surface area contributed by atoms with Crippen LogP contribution in [0.3, 0.4) is 0 Å². The van der Waals surface area contributed by atoms with Gasteiger partial charge in [0.1, 0.15) is 0 Å². The molecular weight excluding hydrogens is 384 g/mol. The Hall–Kier alpha value is -1.30. The number of amides is 1. The minimum Gasteiger partial charge on any atom is -0.272 e. The highest BCUT2D eigenvalue weighted by atomic mass is 79.9. The van der Waals surface area contributed by atoms with E-state index in [-0.39, 0.29) is 5.91 Å². The second-order valence-electron chi connectivity index (χ2n) is 4.47. The standard InChI is InChI=1S/C16H14BrClN2OS/c17-14-3-1-2-13(8-14)10-22-11-16(21)20-19-9-12-4-6-15(18)7-5-12/h1-9H,10-11H2,(H,20,21)/b19-9-. The van der Waals surface area contributed by atoms with Crippen LogP contribution >= 0.6 is 39.3 Å². The van der Waals surface area contributed by atoms with Gasteiger partial charge in [-0.3, -0.25) is 4.79 Å². The highest BCUT2D eigenvalue weighted by molar-refractivity contribution is 9.10. The number of hydrogen-bond donors (Lipinski definition) is 1. The number of carbonyl (C=O) groups is 1. The van der Waals surface area contributed by atoms with Gasteiger partial charge in [0.25, 0.3) is 0 Å². The number of thioether (sulfide) groups is 1. The molecule has 6 heteroatoms. The average molecular weight is 398 g/mol. The fraction of sp³-hybridized carbons (Fsp3) is 0.125. The number of hydrogen-bond acceptors (Lipinski definition) is 3. The molecular formula is C16H14BrClN2OS. The van der Waals surface area contributed by atoms with Crippen LogP contribution in [0, 0.1) is 0 Å². The number of nitrogens with zero attached hydrogens (tertiary/aromatic N) is 1. The first kappa shape index (κ1) is 17.1. The monoisotopic (exact) mass is 396 g/mol. The Morgan fingerprint density at radius 3 is 2.77 bits per heavy atom. The number of halogens is 2. The van der Waals surface area contributed by atoms with Crippen molar-refractivity contribution >= 4 is 51.4 Å². The van der Waals surface area contributed by atoms with Crippen molar-refractivity contribution in [3.63, 3.8) is 0 Å². The van der Waals surface area contributed by atoms with Crippen molar-refractivity contribution in [2.45, 2.75) is 5.75 Å². The van der Waals surface area contributed by atoms with Crippen LogP contribution in [0.2, 0.25) is 5.02 Å². The Morgan fingerprint density at radius 1 is 1.27 bits per heavy atom. The molecule has 0 heterocycles. The summed E-state index contributed by atoms with van der Waals surface area (Å²) in [5.74, 6) is 1.03. The van der Waals surface area contributed by atoms with Crippen molar-refractivity contribution in [2.75, 3.05) is 5.75 Å². The lowest BCUT2D eigenvalue weighted by molar-refractivity contribution is -0.118. The summed E-state index contributed by atoms with van der Waals surface area (Å²) in [6.07, 6.45) is 1.59. The highest BCUT2D eigenvalue weighted by Crippen LogP contribution is 2.16. The molecule has 114 valence electrons. The molecule has 2 rings (SSSR count). The van der Waals surface area contributed by atoms with E-state index in [1.165, 1.54) is 5.56 Å². The maximum absolute atomic E-state index is 11.7.